The standard InChI is InChI=1S/C22H21N5O3S2/c1-2-15-18(6-5-9-23-15)30-19-10-14(32-20-7-3-4-8-24-20)11-25-21(19)27-22-26-16(13-31-22)17(29)12-28/h3-11,13,17,28-29H,2,12H2,1H3,(H,25,26,27). The van der Waals surface area contributed by atoms with Gasteiger partial charge in [-0.2, -0.15) is 0 Å². The molecule has 0 fully saturated rings. The summed E-state index contributed by atoms with van der Waals surface area (Å²) < 4.78 is 6.22. The average Bonchev–Trinajstić information content (AvgIpc) is 3.30. The van der Waals surface area contributed by atoms with Crippen molar-refractivity contribution >= 4 is 34.0 Å². The van der Waals surface area contributed by atoms with E-state index >= 15 is 0 Å². The Labute approximate surface area is 193 Å². The first-order valence-corrected chi connectivity index (χ1v) is 11.6. The van der Waals surface area contributed by atoms with Gasteiger partial charge in [-0.1, -0.05) is 24.8 Å². The summed E-state index contributed by atoms with van der Waals surface area (Å²) in [6.07, 6.45) is 4.91. The molecule has 0 amide bonds. The van der Waals surface area contributed by atoms with Crippen molar-refractivity contribution in [2.24, 2.45) is 0 Å². The van der Waals surface area contributed by atoms with Crippen molar-refractivity contribution in [3.8, 4) is 11.5 Å². The molecule has 0 radical (unpaired) electrons. The number of pyridine rings is 3. The van der Waals surface area contributed by atoms with Crippen molar-refractivity contribution in [3.63, 3.8) is 0 Å². The number of aromatic nitrogens is 4. The zero-order valence-corrected chi connectivity index (χ0v) is 18.8. The molecule has 10 heteroatoms. The lowest BCUT2D eigenvalue weighted by Gasteiger charge is -2.14. The molecule has 4 rings (SSSR count). The van der Waals surface area contributed by atoms with Gasteiger partial charge in [-0.05, 0) is 30.7 Å². The molecule has 4 heterocycles. The molecule has 8 nitrogen and oxygen atoms in total. The molecule has 0 bridgehead atoms. The van der Waals surface area contributed by atoms with Crippen LogP contribution >= 0.6 is 23.1 Å². The molecular weight excluding hydrogens is 446 g/mol. The third-order valence-corrected chi connectivity index (χ3v) is 6.04. The number of hydrogen-bond acceptors (Lipinski definition) is 10. The van der Waals surface area contributed by atoms with Gasteiger partial charge in [0.2, 0.25) is 0 Å². The molecule has 3 N–H and O–H groups in total. The molecule has 1 atom stereocenters. The lowest BCUT2D eigenvalue weighted by Crippen LogP contribution is -2.03. The third kappa shape index (κ3) is 5.40. The van der Waals surface area contributed by atoms with Gasteiger partial charge < -0.3 is 20.3 Å². The van der Waals surface area contributed by atoms with E-state index in [1.54, 1.807) is 24.0 Å². The lowest BCUT2D eigenvalue weighted by atomic mass is 10.2. The molecule has 4 aromatic heterocycles. The zero-order chi connectivity index (χ0) is 22.3. The number of aliphatic hydroxyl groups excluding tert-OH is 2. The summed E-state index contributed by atoms with van der Waals surface area (Å²) in [5, 5.41) is 25.2. The zero-order valence-electron chi connectivity index (χ0n) is 17.2. The van der Waals surface area contributed by atoms with E-state index in [9.17, 15) is 5.11 Å². The van der Waals surface area contributed by atoms with Crippen LogP contribution in [0.5, 0.6) is 11.5 Å². The van der Waals surface area contributed by atoms with Crippen molar-refractivity contribution in [1.82, 2.24) is 19.9 Å². The van der Waals surface area contributed by atoms with Crippen LogP contribution in [0.25, 0.3) is 0 Å². The molecule has 0 spiro atoms. The Morgan fingerprint density at radius 1 is 1.12 bits per heavy atom. The number of nitrogens with zero attached hydrogens (tertiary/aromatic N) is 4. The monoisotopic (exact) mass is 467 g/mol. The minimum absolute atomic E-state index is 0.393. The smallest absolute Gasteiger partial charge is 0.188 e. The van der Waals surface area contributed by atoms with Gasteiger partial charge in [0.05, 0.1) is 18.0 Å². The number of aryl methyl sites for hydroxylation is 1. The number of nitrogens with one attached hydrogen (secondary N) is 1. The van der Waals surface area contributed by atoms with Gasteiger partial charge in [0.15, 0.2) is 16.7 Å². The van der Waals surface area contributed by atoms with Crippen molar-refractivity contribution < 1.29 is 14.9 Å². The maximum atomic E-state index is 9.80. The summed E-state index contributed by atoms with van der Waals surface area (Å²) in [5.41, 5.74) is 1.23. The highest BCUT2D eigenvalue weighted by Crippen LogP contribution is 2.37. The molecule has 0 aliphatic carbocycles. The summed E-state index contributed by atoms with van der Waals surface area (Å²) in [6.45, 7) is 1.62. The molecule has 0 saturated heterocycles. The summed E-state index contributed by atoms with van der Waals surface area (Å²) >= 11 is 2.78. The minimum atomic E-state index is -1.02. The minimum Gasteiger partial charge on any atom is -0.452 e. The summed E-state index contributed by atoms with van der Waals surface area (Å²) in [7, 11) is 0. The molecule has 32 heavy (non-hydrogen) atoms. The van der Waals surface area contributed by atoms with Gasteiger partial charge in [-0.3, -0.25) is 4.98 Å². The highest BCUT2D eigenvalue weighted by atomic mass is 32.2. The second kappa shape index (κ2) is 10.5. The first kappa shape index (κ1) is 22.2. The van der Waals surface area contributed by atoms with Crippen LogP contribution in [0.2, 0.25) is 0 Å². The van der Waals surface area contributed by atoms with Gasteiger partial charge in [0, 0.05) is 34.9 Å². The SMILES string of the molecule is CCc1ncccc1Oc1cc(Sc2ccccn2)cnc1Nc1nc(C(O)CO)cs1. The number of thiazole rings is 1. The summed E-state index contributed by atoms with van der Waals surface area (Å²) in [6, 6.07) is 11.3. The number of hydrogen-bond donors (Lipinski definition) is 3. The van der Waals surface area contributed by atoms with Gasteiger partial charge in [-0.25, -0.2) is 15.0 Å². The number of anilines is 2. The normalized spacial score (nSPS) is 11.8. The Balaban J connectivity index is 1.65. The average molecular weight is 468 g/mol. The molecule has 0 saturated carbocycles. The topological polar surface area (TPSA) is 113 Å². The van der Waals surface area contributed by atoms with Gasteiger partial charge in [0.25, 0.3) is 0 Å². The van der Waals surface area contributed by atoms with Crippen LogP contribution in [0.3, 0.4) is 0 Å². The second-order valence-electron chi connectivity index (χ2n) is 6.59. The highest BCUT2D eigenvalue weighted by Gasteiger charge is 2.15. The van der Waals surface area contributed by atoms with Gasteiger partial charge in [-0.15, -0.1) is 11.3 Å². The Morgan fingerprint density at radius 3 is 2.78 bits per heavy atom. The summed E-state index contributed by atoms with van der Waals surface area (Å²) in [5.74, 6) is 1.63. The molecular formula is C22H21N5O3S2. The van der Waals surface area contributed by atoms with Crippen LogP contribution in [0.15, 0.2) is 70.3 Å². The van der Waals surface area contributed by atoms with E-state index in [0.717, 1.165) is 22.0 Å². The molecule has 0 aromatic carbocycles. The van der Waals surface area contributed by atoms with E-state index < -0.39 is 12.7 Å². The molecule has 0 aliphatic rings. The quantitative estimate of drug-likeness (QED) is 0.325. The van der Waals surface area contributed by atoms with E-state index in [1.807, 2.05) is 43.3 Å². The molecule has 4 aromatic rings. The Kier molecular flexibility index (Phi) is 7.28. The highest BCUT2D eigenvalue weighted by molar-refractivity contribution is 7.99. The number of aliphatic hydroxyl groups is 2. The molecule has 0 aliphatic heterocycles. The van der Waals surface area contributed by atoms with E-state index in [4.69, 9.17) is 9.84 Å². The first-order chi connectivity index (χ1) is 15.7. The predicted molar refractivity (Wildman–Crippen MR) is 124 cm³/mol. The maximum absolute atomic E-state index is 9.80. The number of ether oxygens (including phenoxy) is 1. The fraction of sp³-hybridized carbons (Fsp3) is 0.182. The number of rotatable bonds is 9. The van der Waals surface area contributed by atoms with Crippen molar-refractivity contribution in [2.45, 2.75) is 29.4 Å². The second-order valence-corrected chi connectivity index (χ2v) is 8.54. The van der Waals surface area contributed by atoms with Crippen LogP contribution in [0.1, 0.15) is 24.4 Å². The lowest BCUT2D eigenvalue weighted by molar-refractivity contribution is 0.0928. The Bertz CT molecular complexity index is 1170. The van der Waals surface area contributed by atoms with E-state index in [2.05, 4.69) is 25.3 Å². The van der Waals surface area contributed by atoms with Crippen molar-refractivity contribution in [1.29, 1.82) is 0 Å². The van der Waals surface area contributed by atoms with Crippen molar-refractivity contribution in [2.75, 3.05) is 11.9 Å². The fourth-order valence-corrected chi connectivity index (χ4v) is 4.30. The Hall–Kier alpha value is -3.05. The van der Waals surface area contributed by atoms with Crippen LogP contribution in [-0.4, -0.2) is 36.8 Å². The van der Waals surface area contributed by atoms with E-state index in [1.165, 1.54) is 23.1 Å². The fourth-order valence-electron chi connectivity index (χ4n) is 2.77. The molecule has 1 unspecified atom stereocenters. The summed E-state index contributed by atoms with van der Waals surface area (Å²) in [4.78, 5) is 18.5. The largest absolute Gasteiger partial charge is 0.452 e. The third-order valence-electron chi connectivity index (χ3n) is 4.35. The van der Waals surface area contributed by atoms with Crippen LogP contribution < -0.4 is 10.1 Å². The van der Waals surface area contributed by atoms with Crippen LogP contribution in [-0.2, 0) is 6.42 Å². The van der Waals surface area contributed by atoms with Crippen LogP contribution in [0, 0.1) is 0 Å². The Morgan fingerprint density at radius 2 is 2.00 bits per heavy atom. The van der Waals surface area contributed by atoms with Crippen LogP contribution in [0.4, 0.5) is 10.9 Å². The van der Waals surface area contributed by atoms with Crippen molar-refractivity contribution in [3.05, 3.63) is 71.8 Å². The van der Waals surface area contributed by atoms with E-state index in [-0.39, 0.29) is 0 Å². The molecule has 164 valence electrons. The van der Waals surface area contributed by atoms with E-state index in [0.29, 0.717) is 28.1 Å². The van der Waals surface area contributed by atoms with Gasteiger partial charge in [0.1, 0.15) is 16.9 Å². The maximum Gasteiger partial charge on any atom is 0.188 e. The predicted octanol–water partition coefficient (Wildman–Crippen LogP) is 4.60. The van der Waals surface area contributed by atoms with Gasteiger partial charge >= 0.3 is 0 Å². The first-order valence-electron chi connectivity index (χ1n) is 9.88.